The molecule has 0 radical (unpaired) electrons. The predicted molar refractivity (Wildman–Crippen MR) is 104 cm³/mol. The third-order valence-corrected chi connectivity index (χ3v) is 5.05. The largest absolute Gasteiger partial charge is 0.352 e. The minimum absolute atomic E-state index is 0.0563. The Bertz CT molecular complexity index is 762. The Labute approximate surface area is 164 Å². The van der Waals surface area contributed by atoms with Crippen molar-refractivity contribution in [2.75, 3.05) is 31.5 Å². The number of carbonyl (C=O) groups excluding carboxylic acids is 4. The quantitative estimate of drug-likeness (QED) is 0.762. The van der Waals surface area contributed by atoms with Crippen LogP contribution in [0.15, 0.2) is 24.3 Å². The van der Waals surface area contributed by atoms with E-state index in [2.05, 4.69) is 10.6 Å². The molecule has 0 bridgehead atoms. The van der Waals surface area contributed by atoms with Crippen molar-refractivity contribution in [3.8, 4) is 0 Å². The van der Waals surface area contributed by atoms with Crippen molar-refractivity contribution in [2.45, 2.75) is 38.6 Å². The lowest BCUT2D eigenvalue weighted by molar-refractivity contribution is -0.158. The van der Waals surface area contributed by atoms with Gasteiger partial charge in [0.05, 0.1) is 0 Å². The van der Waals surface area contributed by atoms with Gasteiger partial charge in [-0.15, -0.1) is 0 Å². The summed E-state index contributed by atoms with van der Waals surface area (Å²) in [5.74, 6) is -0.778. The summed E-state index contributed by atoms with van der Waals surface area (Å²) in [6, 6.07) is 6.13. The first-order chi connectivity index (χ1) is 13.5. The van der Waals surface area contributed by atoms with E-state index in [1.165, 1.54) is 4.90 Å². The third-order valence-electron chi connectivity index (χ3n) is 5.05. The lowest BCUT2D eigenvalue weighted by Gasteiger charge is -2.42. The fourth-order valence-corrected chi connectivity index (χ4v) is 3.58. The van der Waals surface area contributed by atoms with Gasteiger partial charge in [-0.1, -0.05) is 6.92 Å². The van der Waals surface area contributed by atoms with E-state index in [9.17, 15) is 19.2 Å². The highest BCUT2D eigenvalue weighted by atomic mass is 16.2. The van der Waals surface area contributed by atoms with E-state index in [1.807, 2.05) is 6.92 Å². The van der Waals surface area contributed by atoms with Crippen molar-refractivity contribution < 1.29 is 19.2 Å². The zero-order chi connectivity index (χ0) is 20.1. The number of fused-ring (bicyclic) bond motifs is 1. The molecule has 0 aromatic heterocycles. The van der Waals surface area contributed by atoms with E-state index in [4.69, 9.17) is 0 Å². The Morgan fingerprint density at radius 3 is 2.61 bits per heavy atom. The first kappa shape index (κ1) is 19.9. The number of hydrogen-bond acceptors (Lipinski definition) is 4. The molecule has 1 aromatic carbocycles. The molecule has 1 aromatic rings. The zero-order valence-corrected chi connectivity index (χ0v) is 16.1. The van der Waals surface area contributed by atoms with Gasteiger partial charge in [-0.05, 0) is 49.9 Å². The zero-order valence-electron chi connectivity index (χ0n) is 16.1. The van der Waals surface area contributed by atoms with Gasteiger partial charge in [-0.3, -0.25) is 19.2 Å². The summed E-state index contributed by atoms with van der Waals surface area (Å²) in [4.78, 5) is 52.1. The van der Waals surface area contributed by atoms with E-state index in [-0.39, 0.29) is 36.7 Å². The van der Waals surface area contributed by atoms with Gasteiger partial charge in [0.1, 0.15) is 19.1 Å². The Hall–Kier alpha value is -2.90. The lowest BCUT2D eigenvalue weighted by Crippen LogP contribution is -2.62. The maximum Gasteiger partial charge on any atom is 0.251 e. The van der Waals surface area contributed by atoms with Crippen LogP contribution in [-0.4, -0.2) is 65.6 Å². The SMILES string of the molecule is CCCNC(=O)c1ccc(NC(=O)CN2CC(=O)N3CCCCC3C2=O)cc1. The van der Waals surface area contributed by atoms with Crippen molar-refractivity contribution in [2.24, 2.45) is 0 Å². The number of piperazine rings is 1. The van der Waals surface area contributed by atoms with Crippen LogP contribution < -0.4 is 10.6 Å². The van der Waals surface area contributed by atoms with E-state index >= 15 is 0 Å². The van der Waals surface area contributed by atoms with Crippen molar-refractivity contribution >= 4 is 29.3 Å². The normalized spacial score (nSPS) is 19.2. The fourth-order valence-electron chi connectivity index (χ4n) is 3.58. The van der Waals surface area contributed by atoms with Crippen LogP contribution in [0.25, 0.3) is 0 Å². The molecule has 8 nitrogen and oxygen atoms in total. The second kappa shape index (κ2) is 8.86. The third kappa shape index (κ3) is 4.49. The monoisotopic (exact) mass is 386 g/mol. The van der Waals surface area contributed by atoms with Crippen LogP contribution in [0.2, 0.25) is 0 Å². The molecule has 0 saturated carbocycles. The molecular formula is C20H26N4O4. The highest BCUT2D eigenvalue weighted by Gasteiger charge is 2.40. The molecule has 1 atom stereocenters. The first-order valence-corrected chi connectivity index (χ1v) is 9.76. The number of benzene rings is 1. The van der Waals surface area contributed by atoms with Gasteiger partial charge >= 0.3 is 0 Å². The smallest absolute Gasteiger partial charge is 0.251 e. The van der Waals surface area contributed by atoms with Gasteiger partial charge in [0.2, 0.25) is 17.7 Å². The number of rotatable bonds is 6. The molecule has 28 heavy (non-hydrogen) atoms. The van der Waals surface area contributed by atoms with Crippen LogP contribution >= 0.6 is 0 Å². The number of amides is 4. The Morgan fingerprint density at radius 1 is 1.14 bits per heavy atom. The molecular weight excluding hydrogens is 360 g/mol. The van der Waals surface area contributed by atoms with Gasteiger partial charge in [0.15, 0.2) is 0 Å². The second-order valence-electron chi connectivity index (χ2n) is 7.17. The van der Waals surface area contributed by atoms with Gasteiger partial charge in [0, 0.05) is 24.3 Å². The number of nitrogens with zero attached hydrogens (tertiary/aromatic N) is 2. The van der Waals surface area contributed by atoms with Crippen molar-refractivity contribution in [1.29, 1.82) is 0 Å². The first-order valence-electron chi connectivity index (χ1n) is 9.76. The highest BCUT2D eigenvalue weighted by Crippen LogP contribution is 2.23. The number of piperidine rings is 1. The van der Waals surface area contributed by atoms with E-state index in [0.29, 0.717) is 30.8 Å². The molecule has 2 saturated heterocycles. The van der Waals surface area contributed by atoms with Crippen molar-refractivity contribution in [3.63, 3.8) is 0 Å². The van der Waals surface area contributed by atoms with Crippen LogP contribution in [0.3, 0.4) is 0 Å². The molecule has 2 N–H and O–H groups in total. The number of nitrogens with one attached hydrogen (secondary N) is 2. The van der Waals surface area contributed by atoms with E-state index in [1.54, 1.807) is 29.2 Å². The molecule has 3 rings (SSSR count). The molecule has 1 unspecified atom stereocenters. The van der Waals surface area contributed by atoms with Crippen LogP contribution in [0.1, 0.15) is 43.0 Å². The average molecular weight is 386 g/mol. The van der Waals surface area contributed by atoms with Crippen LogP contribution in [-0.2, 0) is 14.4 Å². The van der Waals surface area contributed by atoms with E-state index in [0.717, 1.165) is 19.3 Å². The maximum atomic E-state index is 12.6. The summed E-state index contributed by atoms with van der Waals surface area (Å²) in [5.41, 5.74) is 1.05. The molecule has 2 fully saturated rings. The van der Waals surface area contributed by atoms with Gasteiger partial charge in [-0.25, -0.2) is 0 Å². The average Bonchev–Trinajstić information content (AvgIpc) is 2.70. The van der Waals surface area contributed by atoms with Crippen molar-refractivity contribution in [3.05, 3.63) is 29.8 Å². The molecule has 2 aliphatic rings. The van der Waals surface area contributed by atoms with E-state index < -0.39 is 6.04 Å². The highest BCUT2D eigenvalue weighted by molar-refractivity contribution is 6.00. The molecule has 150 valence electrons. The molecule has 2 heterocycles. The Kier molecular flexibility index (Phi) is 6.28. The molecule has 0 aliphatic carbocycles. The summed E-state index contributed by atoms with van der Waals surface area (Å²) in [6.07, 6.45) is 3.35. The molecule has 0 spiro atoms. The summed E-state index contributed by atoms with van der Waals surface area (Å²) in [7, 11) is 0. The summed E-state index contributed by atoms with van der Waals surface area (Å²) in [5, 5.41) is 5.50. The second-order valence-corrected chi connectivity index (χ2v) is 7.17. The van der Waals surface area contributed by atoms with Crippen molar-refractivity contribution in [1.82, 2.24) is 15.1 Å². The molecule has 4 amide bonds. The summed E-state index contributed by atoms with van der Waals surface area (Å²) < 4.78 is 0. The maximum absolute atomic E-state index is 12.6. The minimum atomic E-state index is -0.427. The van der Waals surface area contributed by atoms with Crippen LogP contribution in [0.4, 0.5) is 5.69 Å². The van der Waals surface area contributed by atoms with Gasteiger partial charge < -0.3 is 20.4 Å². The number of hydrogen-bond donors (Lipinski definition) is 2. The van der Waals surface area contributed by atoms with Gasteiger partial charge in [-0.2, -0.15) is 0 Å². The number of carbonyl (C=O) groups is 4. The lowest BCUT2D eigenvalue weighted by atomic mass is 9.98. The van der Waals surface area contributed by atoms with Crippen LogP contribution in [0, 0.1) is 0 Å². The molecule has 2 aliphatic heterocycles. The summed E-state index contributed by atoms with van der Waals surface area (Å²) >= 11 is 0. The number of anilines is 1. The minimum Gasteiger partial charge on any atom is -0.352 e. The fraction of sp³-hybridized carbons (Fsp3) is 0.500. The van der Waals surface area contributed by atoms with Gasteiger partial charge in [0.25, 0.3) is 5.91 Å². The topological polar surface area (TPSA) is 98.8 Å². The molecule has 8 heteroatoms. The van der Waals surface area contributed by atoms with Crippen LogP contribution in [0.5, 0.6) is 0 Å². The predicted octanol–water partition coefficient (Wildman–Crippen LogP) is 0.988. The standard InChI is InChI=1S/C20H26N4O4/c1-2-10-21-19(27)14-6-8-15(9-7-14)22-17(25)12-23-13-18(26)24-11-4-3-5-16(24)20(23)28/h6-9,16H,2-5,10-13H2,1H3,(H,21,27)(H,22,25). The summed E-state index contributed by atoms with van der Waals surface area (Å²) in [6.45, 7) is 2.99. The Morgan fingerprint density at radius 2 is 1.89 bits per heavy atom. The Balaban J connectivity index is 1.56.